The quantitative estimate of drug-likeness (QED) is 0.537. The predicted molar refractivity (Wildman–Crippen MR) is 90.9 cm³/mol. The SMILES string of the molecule is COC(=O)[C@@]1(NC(=O)CCN2C(=O)NC3(CCCC3)C2=O)CCSC1. The Morgan fingerprint density at radius 3 is 2.60 bits per heavy atom. The smallest absolute Gasteiger partial charge is 0.332 e. The van der Waals surface area contributed by atoms with E-state index in [2.05, 4.69) is 10.6 Å². The molecule has 0 aromatic carbocycles. The van der Waals surface area contributed by atoms with Crippen LogP contribution in [0.2, 0.25) is 0 Å². The fourth-order valence-electron chi connectivity index (χ4n) is 3.81. The van der Waals surface area contributed by atoms with E-state index in [1.54, 1.807) is 11.8 Å². The average Bonchev–Trinajstić information content (AvgIpc) is 3.29. The standard InChI is InChI=1S/C16H23N3O5S/c1-24-13(22)16(7-9-25-10-16)17-11(20)4-8-19-12(21)15(18-14(19)23)5-2-3-6-15/h2-10H2,1H3,(H,17,20)(H,18,23)/t16-/m1/s1. The molecule has 2 aliphatic heterocycles. The fourth-order valence-corrected chi connectivity index (χ4v) is 5.13. The van der Waals surface area contributed by atoms with E-state index >= 15 is 0 Å². The molecule has 1 saturated carbocycles. The third-order valence-electron chi connectivity index (χ3n) is 5.24. The Labute approximate surface area is 150 Å². The maximum Gasteiger partial charge on any atom is 0.332 e. The molecule has 1 atom stereocenters. The summed E-state index contributed by atoms with van der Waals surface area (Å²) >= 11 is 1.58. The van der Waals surface area contributed by atoms with Crippen LogP contribution in [0.15, 0.2) is 0 Å². The summed E-state index contributed by atoms with van der Waals surface area (Å²) in [6.45, 7) is 0.0165. The molecule has 25 heavy (non-hydrogen) atoms. The minimum Gasteiger partial charge on any atom is -0.467 e. The van der Waals surface area contributed by atoms with Crippen molar-refractivity contribution in [1.82, 2.24) is 15.5 Å². The number of methoxy groups -OCH3 is 1. The fraction of sp³-hybridized carbons (Fsp3) is 0.750. The molecular formula is C16H23N3O5S. The third-order valence-corrected chi connectivity index (χ3v) is 6.43. The van der Waals surface area contributed by atoms with Crippen LogP contribution < -0.4 is 10.6 Å². The van der Waals surface area contributed by atoms with Crippen molar-refractivity contribution in [3.63, 3.8) is 0 Å². The zero-order valence-electron chi connectivity index (χ0n) is 14.3. The summed E-state index contributed by atoms with van der Waals surface area (Å²) in [5.41, 5.74) is -1.76. The van der Waals surface area contributed by atoms with Gasteiger partial charge in [-0.3, -0.25) is 14.5 Å². The highest BCUT2D eigenvalue weighted by atomic mass is 32.2. The van der Waals surface area contributed by atoms with Crippen LogP contribution in [0.5, 0.6) is 0 Å². The molecule has 1 spiro atoms. The second-order valence-electron chi connectivity index (χ2n) is 6.85. The van der Waals surface area contributed by atoms with Gasteiger partial charge in [0.25, 0.3) is 5.91 Å². The Bertz CT molecular complexity index is 597. The van der Waals surface area contributed by atoms with Gasteiger partial charge in [-0.1, -0.05) is 12.8 Å². The lowest BCUT2D eigenvalue weighted by Crippen LogP contribution is -2.55. The van der Waals surface area contributed by atoms with E-state index in [0.717, 1.165) is 23.5 Å². The molecule has 3 rings (SSSR count). The van der Waals surface area contributed by atoms with Gasteiger partial charge in [-0.25, -0.2) is 9.59 Å². The van der Waals surface area contributed by atoms with Crippen molar-refractivity contribution in [3.05, 3.63) is 0 Å². The van der Waals surface area contributed by atoms with Gasteiger partial charge in [-0.05, 0) is 25.0 Å². The van der Waals surface area contributed by atoms with Crippen LogP contribution in [-0.4, -0.2) is 65.0 Å². The molecule has 3 fully saturated rings. The summed E-state index contributed by atoms with van der Waals surface area (Å²) in [5, 5.41) is 5.54. The molecule has 0 unspecified atom stereocenters. The second kappa shape index (κ2) is 6.86. The first-order valence-electron chi connectivity index (χ1n) is 8.54. The zero-order chi connectivity index (χ0) is 18.1. The number of urea groups is 1. The predicted octanol–water partition coefficient (Wildman–Crippen LogP) is 0.406. The Balaban J connectivity index is 1.58. The number of carbonyl (C=O) groups is 4. The van der Waals surface area contributed by atoms with Gasteiger partial charge in [0.05, 0.1) is 7.11 Å². The van der Waals surface area contributed by atoms with Crippen molar-refractivity contribution in [3.8, 4) is 0 Å². The van der Waals surface area contributed by atoms with Crippen molar-refractivity contribution < 1.29 is 23.9 Å². The van der Waals surface area contributed by atoms with Gasteiger partial charge in [0, 0.05) is 18.7 Å². The number of nitrogens with one attached hydrogen (secondary N) is 2. The topological polar surface area (TPSA) is 105 Å². The first-order chi connectivity index (χ1) is 11.9. The molecule has 3 aliphatic rings. The van der Waals surface area contributed by atoms with Gasteiger partial charge >= 0.3 is 12.0 Å². The van der Waals surface area contributed by atoms with E-state index in [0.29, 0.717) is 25.0 Å². The lowest BCUT2D eigenvalue weighted by molar-refractivity contribution is -0.150. The van der Waals surface area contributed by atoms with Crippen molar-refractivity contribution in [2.75, 3.05) is 25.2 Å². The summed E-state index contributed by atoms with van der Waals surface area (Å²) in [6, 6.07) is -0.432. The highest BCUT2D eigenvalue weighted by Gasteiger charge is 2.52. The Kier molecular flexibility index (Phi) is 4.95. The van der Waals surface area contributed by atoms with Gasteiger partial charge in [0.2, 0.25) is 5.91 Å². The molecule has 2 N–H and O–H groups in total. The normalized spacial score (nSPS) is 27.6. The van der Waals surface area contributed by atoms with Gasteiger partial charge in [0.15, 0.2) is 0 Å². The van der Waals surface area contributed by atoms with Crippen molar-refractivity contribution in [1.29, 1.82) is 0 Å². The average molecular weight is 369 g/mol. The van der Waals surface area contributed by atoms with E-state index in [9.17, 15) is 19.2 Å². The summed E-state index contributed by atoms with van der Waals surface area (Å²) < 4.78 is 4.82. The van der Waals surface area contributed by atoms with Crippen molar-refractivity contribution >= 4 is 35.6 Å². The number of hydrogen-bond acceptors (Lipinski definition) is 6. The van der Waals surface area contributed by atoms with Crippen LogP contribution in [-0.2, 0) is 19.1 Å². The van der Waals surface area contributed by atoms with Crippen LogP contribution in [0.4, 0.5) is 4.79 Å². The van der Waals surface area contributed by atoms with E-state index in [4.69, 9.17) is 4.74 Å². The number of esters is 1. The monoisotopic (exact) mass is 369 g/mol. The number of hydrogen-bond donors (Lipinski definition) is 2. The molecule has 2 heterocycles. The molecule has 2 saturated heterocycles. The Morgan fingerprint density at radius 1 is 1.28 bits per heavy atom. The van der Waals surface area contributed by atoms with Crippen LogP contribution in [0.25, 0.3) is 0 Å². The van der Waals surface area contributed by atoms with Gasteiger partial charge < -0.3 is 15.4 Å². The number of amides is 4. The van der Waals surface area contributed by atoms with Crippen LogP contribution in [0, 0.1) is 0 Å². The van der Waals surface area contributed by atoms with Crippen molar-refractivity contribution in [2.45, 2.75) is 49.6 Å². The van der Waals surface area contributed by atoms with Gasteiger partial charge in [-0.2, -0.15) is 11.8 Å². The molecule has 8 nitrogen and oxygen atoms in total. The molecular weight excluding hydrogens is 346 g/mol. The minimum absolute atomic E-state index is 0.0165. The highest BCUT2D eigenvalue weighted by molar-refractivity contribution is 7.99. The number of nitrogens with zero attached hydrogens (tertiary/aromatic N) is 1. The third kappa shape index (κ3) is 3.21. The molecule has 1 aliphatic carbocycles. The van der Waals surface area contributed by atoms with E-state index in [1.165, 1.54) is 7.11 Å². The summed E-state index contributed by atoms with van der Waals surface area (Å²) in [6.07, 6.45) is 3.63. The first kappa shape index (κ1) is 18.0. The molecule has 4 amide bonds. The first-order valence-corrected chi connectivity index (χ1v) is 9.69. The molecule has 0 radical (unpaired) electrons. The zero-order valence-corrected chi connectivity index (χ0v) is 15.1. The van der Waals surface area contributed by atoms with Gasteiger partial charge in [0.1, 0.15) is 11.1 Å². The number of thioether (sulfide) groups is 1. The summed E-state index contributed by atoms with van der Waals surface area (Å²) in [7, 11) is 1.30. The highest BCUT2D eigenvalue weighted by Crippen LogP contribution is 2.35. The molecule has 0 bridgehead atoms. The summed E-state index contributed by atoms with van der Waals surface area (Å²) in [4.78, 5) is 50.1. The maximum absolute atomic E-state index is 12.5. The van der Waals surface area contributed by atoms with Gasteiger partial charge in [-0.15, -0.1) is 0 Å². The van der Waals surface area contributed by atoms with E-state index < -0.39 is 23.1 Å². The number of imide groups is 1. The van der Waals surface area contributed by atoms with Crippen LogP contribution in [0.3, 0.4) is 0 Å². The summed E-state index contributed by atoms with van der Waals surface area (Å²) in [5.74, 6) is 0.191. The van der Waals surface area contributed by atoms with E-state index in [-0.39, 0.29) is 24.8 Å². The molecule has 9 heteroatoms. The Morgan fingerprint density at radius 2 is 2.00 bits per heavy atom. The molecule has 138 valence electrons. The minimum atomic E-state index is -1.000. The lowest BCUT2D eigenvalue weighted by Gasteiger charge is -2.26. The molecule has 0 aromatic rings. The maximum atomic E-state index is 12.5. The molecule has 0 aromatic heterocycles. The Hall–Kier alpha value is -1.77. The van der Waals surface area contributed by atoms with Crippen LogP contribution >= 0.6 is 11.8 Å². The lowest BCUT2D eigenvalue weighted by atomic mass is 9.98. The number of ether oxygens (including phenoxy) is 1. The van der Waals surface area contributed by atoms with Crippen molar-refractivity contribution in [2.24, 2.45) is 0 Å². The number of carbonyl (C=O) groups excluding carboxylic acids is 4. The second-order valence-corrected chi connectivity index (χ2v) is 7.96. The number of rotatable bonds is 5. The van der Waals surface area contributed by atoms with E-state index in [1.807, 2.05) is 0 Å². The largest absolute Gasteiger partial charge is 0.467 e. The van der Waals surface area contributed by atoms with Crippen LogP contribution in [0.1, 0.15) is 38.5 Å².